The summed E-state index contributed by atoms with van der Waals surface area (Å²) in [4.78, 5) is 2.05. The quantitative estimate of drug-likeness (QED) is 0.605. The molecule has 0 N–H and O–H groups in total. The van der Waals surface area contributed by atoms with Gasteiger partial charge in [0.15, 0.2) is 0 Å². The summed E-state index contributed by atoms with van der Waals surface area (Å²) in [6.45, 7) is 6.38. The van der Waals surface area contributed by atoms with Crippen LogP contribution in [0.15, 0.2) is 48.5 Å². The van der Waals surface area contributed by atoms with Gasteiger partial charge in [-0.05, 0) is 49.7 Å². The zero-order valence-electron chi connectivity index (χ0n) is 13.9. The molecule has 0 aliphatic carbocycles. The molecule has 0 spiro atoms. The van der Waals surface area contributed by atoms with Gasteiger partial charge < -0.3 is 0 Å². The summed E-state index contributed by atoms with van der Waals surface area (Å²) in [5, 5.41) is 0. The average Bonchev–Trinajstić information content (AvgIpc) is 2.54. The molecule has 130 valence electrons. The van der Waals surface area contributed by atoms with Crippen molar-refractivity contribution in [3.63, 3.8) is 0 Å². The molecule has 2 atom stereocenters. The molecule has 0 saturated carbocycles. The highest BCUT2D eigenvalue weighted by Crippen LogP contribution is 2.35. The third kappa shape index (κ3) is 4.15. The summed E-state index contributed by atoms with van der Waals surface area (Å²) >= 11 is 0. The molecular weight excluding hydrogens is 318 g/mol. The maximum Gasteiger partial charge on any atom is 0.416 e. The first-order valence-corrected chi connectivity index (χ1v) is 7.92. The maximum absolute atomic E-state index is 13.7. The molecule has 2 aromatic rings. The summed E-state index contributed by atoms with van der Waals surface area (Å²) < 4.78 is 52.5. The van der Waals surface area contributed by atoms with Crippen LogP contribution in [-0.2, 0) is 6.18 Å². The smallest absolute Gasteiger partial charge is 0.290 e. The summed E-state index contributed by atoms with van der Waals surface area (Å²) in [5.41, 5.74) is 0.443. The summed E-state index contributed by atoms with van der Waals surface area (Å²) in [7, 11) is 0. The second-order valence-corrected chi connectivity index (χ2v) is 5.86. The van der Waals surface area contributed by atoms with Crippen LogP contribution in [0.1, 0.15) is 49.5 Å². The van der Waals surface area contributed by atoms with Gasteiger partial charge in [-0.1, -0.05) is 37.3 Å². The van der Waals surface area contributed by atoms with E-state index in [-0.39, 0.29) is 12.1 Å². The minimum atomic E-state index is -4.56. The molecule has 24 heavy (non-hydrogen) atoms. The van der Waals surface area contributed by atoms with Crippen LogP contribution >= 0.6 is 0 Å². The predicted molar refractivity (Wildman–Crippen MR) is 87.1 cm³/mol. The van der Waals surface area contributed by atoms with Crippen molar-refractivity contribution >= 4 is 0 Å². The van der Waals surface area contributed by atoms with Crippen LogP contribution < -0.4 is 0 Å². The Morgan fingerprint density at radius 2 is 1.50 bits per heavy atom. The number of alkyl halides is 3. The van der Waals surface area contributed by atoms with Crippen molar-refractivity contribution in [2.75, 3.05) is 6.54 Å². The Morgan fingerprint density at radius 3 is 2.04 bits per heavy atom. The van der Waals surface area contributed by atoms with Gasteiger partial charge in [0.05, 0.1) is 5.56 Å². The van der Waals surface area contributed by atoms with Crippen LogP contribution in [0.4, 0.5) is 17.6 Å². The van der Waals surface area contributed by atoms with E-state index in [4.69, 9.17) is 0 Å². The fourth-order valence-corrected chi connectivity index (χ4v) is 3.01. The molecule has 5 heteroatoms. The van der Waals surface area contributed by atoms with E-state index < -0.39 is 17.6 Å². The Balaban J connectivity index is 2.35. The number of benzene rings is 2. The molecule has 0 aliphatic rings. The summed E-state index contributed by atoms with van der Waals surface area (Å²) in [5.74, 6) is -0.866. The van der Waals surface area contributed by atoms with Crippen LogP contribution in [0.2, 0.25) is 0 Å². The largest absolute Gasteiger partial charge is 0.416 e. The van der Waals surface area contributed by atoms with E-state index >= 15 is 0 Å². The molecule has 1 unspecified atom stereocenters. The number of halogens is 4. The van der Waals surface area contributed by atoms with Gasteiger partial charge in [0.25, 0.3) is 0 Å². The first-order valence-electron chi connectivity index (χ1n) is 7.92. The molecule has 0 amide bonds. The summed E-state index contributed by atoms with van der Waals surface area (Å²) in [6, 6.07) is 12.1. The van der Waals surface area contributed by atoms with Crippen molar-refractivity contribution in [2.24, 2.45) is 0 Å². The molecule has 0 fully saturated rings. The Hall–Kier alpha value is -1.88. The first-order chi connectivity index (χ1) is 11.2. The fraction of sp³-hybridized carbons (Fsp3) is 0.368. The monoisotopic (exact) mass is 339 g/mol. The standard InChI is InChI=1S/C19H21F4N/c1-4-24(13(2)15-8-6-5-7-9-15)14(3)16-10-17(19(21,22)23)12-18(20)11-16/h5-14H,4H2,1-3H3/t13?,14-/m0/s1. The molecule has 0 radical (unpaired) electrons. The van der Waals surface area contributed by atoms with E-state index in [2.05, 4.69) is 0 Å². The SMILES string of the molecule is CCN(C(C)c1ccccc1)[C@@H](C)c1cc(F)cc(C(F)(F)F)c1. The Morgan fingerprint density at radius 1 is 0.917 bits per heavy atom. The van der Waals surface area contributed by atoms with Crippen LogP contribution in [0.25, 0.3) is 0 Å². The lowest BCUT2D eigenvalue weighted by Crippen LogP contribution is -2.30. The van der Waals surface area contributed by atoms with Crippen molar-refractivity contribution in [3.8, 4) is 0 Å². The topological polar surface area (TPSA) is 3.24 Å². The van der Waals surface area contributed by atoms with Crippen LogP contribution in [0.5, 0.6) is 0 Å². The van der Waals surface area contributed by atoms with Gasteiger partial charge in [0.1, 0.15) is 5.82 Å². The Labute approximate surface area is 139 Å². The number of rotatable bonds is 5. The van der Waals surface area contributed by atoms with Gasteiger partial charge in [0.2, 0.25) is 0 Å². The van der Waals surface area contributed by atoms with Gasteiger partial charge >= 0.3 is 6.18 Å². The third-order valence-corrected chi connectivity index (χ3v) is 4.37. The number of hydrogen-bond donors (Lipinski definition) is 0. The highest BCUT2D eigenvalue weighted by atomic mass is 19.4. The van der Waals surface area contributed by atoms with Crippen molar-refractivity contribution in [1.82, 2.24) is 4.90 Å². The minimum absolute atomic E-state index is 0.00352. The Kier molecular flexibility index (Phi) is 5.65. The van der Waals surface area contributed by atoms with Crippen LogP contribution in [-0.4, -0.2) is 11.4 Å². The van der Waals surface area contributed by atoms with E-state index in [1.54, 1.807) is 6.92 Å². The number of hydrogen-bond acceptors (Lipinski definition) is 1. The predicted octanol–water partition coefficient (Wildman–Crippen LogP) is 5.99. The normalized spacial score (nSPS) is 14.7. The minimum Gasteiger partial charge on any atom is -0.290 e. The van der Waals surface area contributed by atoms with Gasteiger partial charge in [-0.2, -0.15) is 13.2 Å². The molecule has 0 aliphatic heterocycles. The Bertz CT molecular complexity index is 667. The van der Waals surface area contributed by atoms with Gasteiger partial charge in [-0.25, -0.2) is 4.39 Å². The molecular formula is C19H21F4N. The first kappa shape index (κ1) is 18.5. The second kappa shape index (κ2) is 7.34. The third-order valence-electron chi connectivity index (χ3n) is 4.37. The molecule has 0 bridgehead atoms. The van der Waals surface area contributed by atoms with E-state index in [0.717, 1.165) is 11.6 Å². The molecule has 0 heterocycles. The van der Waals surface area contributed by atoms with E-state index in [1.165, 1.54) is 6.07 Å². The second-order valence-electron chi connectivity index (χ2n) is 5.86. The number of nitrogens with zero attached hydrogens (tertiary/aromatic N) is 1. The zero-order chi connectivity index (χ0) is 17.9. The molecule has 2 rings (SSSR count). The lowest BCUT2D eigenvalue weighted by molar-refractivity contribution is -0.137. The summed E-state index contributed by atoms with van der Waals surface area (Å²) in [6.07, 6.45) is -4.56. The van der Waals surface area contributed by atoms with Crippen LogP contribution in [0.3, 0.4) is 0 Å². The van der Waals surface area contributed by atoms with Crippen molar-refractivity contribution in [2.45, 2.75) is 39.0 Å². The fourth-order valence-electron chi connectivity index (χ4n) is 3.01. The highest BCUT2D eigenvalue weighted by molar-refractivity contribution is 5.29. The molecule has 0 aromatic heterocycles. The van der Waals surface area contributed by atoms with E-state index in [0.29, 0.717) is 18.2 Å². The van der Waals surface area contributed by atoms with E-state index in [9.17, 15) is 17.6 Å². The van der Waals surface area contributed by atoms with Crippen molar-refractivity contribution in [3.05, 3.63) is 71.0 Å². The van der Waals surface area contributed by atoms with Gasteiger partial charge in [-0.15, -0.1) is 0 Å². The molecule has 0 saturated heterocycles. The average molecular weight is 339 g/mol. The van der Waals surface area contributed by atoms with Crippen LogP contribution in [0, 0.1) is 5.82 Å². The van der Waals surface area contributed by atoms with Crippen molar-refractivity contribution < 1.29 is 17.6 Å². The van der Waals surface area contributed by atoms with Gasteiger partial charge in [-0.3, -0.25) is 4.90 Å². The van der Waals surface area contributed by atoms with Crippen molar-refractivity contribution in [1.29, 1.82) is 0 Å². The maximum atomic E-state index is 13.7. The lowest BCUT2D eigenvalue weighted by Gasteiger charge is -2.34. The lowest BCUT2D eigenvalue weighted by atomic mass is 9.99. The zero-order valence-corrected chi connectivity index (χ0v) is 13.9. The van der Waals surface area contributed by atoms with E-state index in [1.807, 2.05) is 49.1 Å². The molecule has 1 nitrogen and oxygen atoms in total. The highest BCUT2D eigenvalue weighted by Gasteiger charge is 2.32. The van der Waals surface area contributed by atoms with Gasteiger partial charge in [0, 0.05) is 12.1 Å². The molecule has 2 aromatic carbocycles.